The van der Waals surface area contributed by atoms with Crippen LogP contribution < -0.4 is 4.74 Å². The minimum absolute atomic E-state index is 0.0407. The van der Waals surface area contributed by atoms with Gasteiger partial charge in [-0.3, -0.25) is 10.1 Å². The number of methoxy groups -OCH3 is 1. The first-order chi connectivity index (χ1) is 12.6. The van der Waals surface area contributed by atoms with Crippen LogP contribution in [0.2, 0.25) is 0 Å². The molecule has 136 valence electrons. The van der Waals surface area contributed by atoms with Gasteiger partial charge < -0.3 is 19.7 Å². The molecule has 1 saturated heterocycles. The average molecular weight is 357 g/mol. The number of hydrogen-bond donors (Lipinski definition) is 2. The van der Waals surface area contributed by atoms with E-state index in [0.717, 1.165) is 5.56 Å². The van der Waals surface area contributed by atoms with E-state index in [2.05, 4.69) is 0 Å². The molecule has 0 saturated carbocycles. The number of ether oxygens (including phenoxy) is 2. The number of rotatable bonds is 7. The van der Waals surface area contributed by atoms with Gasteiger partial charge in [-0.1, -0.05) is 18.2 Å². The summed E-state index contributed by atoms with van der Waals surface area (Å²) < 4.78 is 10.4. The Morgan fingerprint density at radius 3 is 2.54 bits per heavy atom. The van der Waals surface area contributed by atoms with E-state index in [1.54, 1.807) is 36.4 Å². The van der Waals surface area contributed by atoms with Crippen molar-refractivity contribution in [1.29, 1.82) is 0 Å². The molecular weight excluding hydrogens is 338 g/mol. The van der Waals surface area contributed by atoms with Crippen LogP contribution in [0.15, 0.2) is 30.3 Å². The fourth-order valence-corrected chi connectivity index (χ4v) is 2.84. The summed E-state index contributed by atoms with van der Waals surface area (Å²) >= 11 is 0. The largest absolute Gasteiger partial charge is 0.496 e. The number of epoxide rings is 1. The molecule has 0 bridgehead atoms. The SMILES string of the molecule is COc1cc(/C=C\c2ccc(C3CO3)c([N+](=O)[O-])c2)cc(CO)c1CO. The summed E-state index contributed by atoms with van der Waals surface area (Å²) in [4.78, 5) is 10.9. The molecule has 1 aliphatic rings. The number of aliphatic hydroxyl groups excluding tert-OH is 2. The molecule has 1 aliphatic heterocycles. The summed E-state index contributed by atoms with van der Waals surface area (Å²) in [6, 6.07) is 8.50. The lowest BCUT2D eigenvalue weighted by atomic mass is 10.0. The van der Waals surface area contributed by atoms with Gasteiger partial charge in [0, 0.05) is 11.6 Å². The molecule has 0 amide bonds. The summed E-state index contributed by atoms with van der Waals surface area (Å²) in [5.41, 5.74) is 3.16. The summed E-state index contributed by atoms with van der Waals surface area (Å²) in [6.45, 7) is 0.0480. The van der Waals surface area contributed by atoms with E-state index in [9.17, 15) is 20.3 Å². The maximum atomic E-state index is 11.3. The van der Waals surface area contributed by atoms with Gasteiger partial charge in [-0.15, -0.1) is 0 Å². The van der Waals surface area contributed by atoms with Crippen molar-refractivity contribution in [3.05, 3.63) is 68.3 Å². The normalized spacial score (nSPS) is 16.0. The maximum absolute atomic E-state index is 11.3. The van der Waals surface area contributed by atoms with E-state index < -0.39 is 4.92 Å². The van der Waals surface area contributed by atoms with Gasteiger partial charge in [0.25, 0.3) is 5.69 Å². The molecule has 3 rings (SSSR count). The highest BCUT2D eigenvalue weighted by molar-refractivity contribution is 5.72. The maximum Gasteiger partial charge on any atom is 0.275 e. The number of hydrogen-bond acceptors (Lipinski definition) is 6. The third-order valence-electron chi connectivity index (χ3n) is 4.27. The second-order valence-electron chi connectivity index (χ2n) is 5.91. The van der Waals surface area contributed by atoms with Crippen molar-refractivity contribution in [2.24, 2.45) is 0 Å². The summed E-state index contributed by atoms with van der Waals surface area (Å²) in [5.74, 6) is 0.478. The zero-order valence-electron chi connectivity index (χ0n) is 14.2. The minimum Gasteiger partial charge on any atom is -0.496 e. The lowest BCUT2D eigenvalue weighted by Crippen LogP contribution is -1.99. The molecule has 0 spiro atoms. The van der Waals surface area contributed by atoms with Gasteiger partial charge in [0.2, 0.25) is 0 Å². The summed E-state index contributed by atoms with van der Waals surface area (Å²) in [6.07, 6.45) is 3.34. The van der Waals surface area contributed by atoms with E-state index in [1.807, 2.05) is 0 Å². The molecule has 0 aromatic heterocycles. The highest BCUT2D eigenvalue weighted by Gasteiger charge is 2.31. The summed E-state index contributed by atoms with van der Waals surface area (Å²) in [5, 5.41) is 30.2. The predicted octanol–water partition coefficient (Wildman–Crippen LogP) is 2.83. The van der Waals surface area contributed by atoms with Crippen molar-refractivity contribution in [3.8, 4) is 5.75 Å². The Morgan fingerprint density at radius 1 is 1.23 bits per heavy atom. The van der Waals surface area contributed by atoms with Gasteiger partial charge >= 0.3 is 0 Å². The standard InChI is InChI=1S/C19H19NO6/c1-25-18-8-13(6-14(9-21)16(18)10-22)3-2-12-4-5-15(19-11-26-19)17(7-12)20(23)24/h2-8,19,21-22H,9-11H2,1H3/b3-2-. The Bertz CT molecular complexity index is 832. The minimum atomic E-state index is -0.405. The van der Waals surface area contributed by atoms with Crippen molar-refractivity contribution in [3.63, 3.8) is 0 Å². The molecule has 1 unspecified atom stereocenters. The van der Waals surface area contributed by atoms with Gasteiger partial charge in [-0.05, 0) is 34.9 Å². The van der Waals surface area contributed by atoms with Crippen LogP contribution in [-0.4, -0.2) is 28.9 Å². The molecule has 2 N–H and O–H groups in total. The topological polar surface area (TPSA) is 105 Å². The van der Waals surface area contributed by atoms with Gasteiger partial charge in [0.05, 0.1) is 37.4 Å². The smallest absolute Gasteiger partial charge is 0.275 e. The zero-order chi connectivity index (χ0) is 18.7. The quantitative estimate of drug-likeness (QED) is 0.342. The molecule has 1 heterocycles. The Labute approximate surface area is 150 Å². The van der Waals surface area contributed by atoms with Crippen LogP contribution >= 0.6 is 0 Å². The lowest BCUT2D eigenvalue weighted by Gasteiger charge is -2.12. The number of nitro groups is 1. The molecule has 7 nitrogen and oxygen atoms in total. The van der Waals surface area contributed by atoms with Crippen molar-refractivity contribution < 1.29 is 24.6 Å². The van der Waals surface area contributed by atoms with Crippen LogP contribution in [0.3, 0.4) is 0 Å². The van der Waals surface area contributed by atoms with Crippen molar-refractivity contribution >= 4 is 17.8 Å². The number of nitro benzene ring substituents is 1. The highest BCUT2D eigenvalue weighted by atomic mass is 16.6. The third-order valence-corrected chi connectivity index (χ3v) is 4.27. The molecule has 0 aliphatic carbocycles. The molecular formula is C19H19NO6. The molecule has 7 heteroatoms. The second-order valence-corrected chi connectivity index (χ2v) is 5.91. The average Bonchev–Trinajstić information content (AvgIpc) is 3.50. The van der Waals surface area contributed by atoms with E-state index in [0.29, 0.717) is 34.6 Å². The van der Waals surface area contributed by atoms with Crippen LogP contribution in [-0.2, 0) is 18.0 Å². The number of benzene rings is 2. The van der Waals surface area contributed by atoms with E-state index in [4.69, 9.17) is 9.47 Å². The van der Waals surface area contributed by atoms with Gasteiger partial charge in [0.15, 0.2) is 0 Å². The Kier molecular flexibility index (Phi) is 5.32. The third kappa shape index (κ3) is 3.75. The highest BCUT2D eigenvalue weighted by Crippen LogP contribution is 2.36. The number of aliphatic hydroxyl groups is 2. The summed E-state index contributed by atoms with van der Waals surface area (Å²) in [7, 11) is 1.49. The first-order valence-electron chi connectivity index (χ1n) is 8.07. The molecule has 26 heavy (non-hydrogen) atoms. The molecule has 2 aromatic rings. The predicted molar refractivity (Wildman–Crippen MR) is 95.6 cm³/mol. The van der Waals surface area contributed by atoms with Crippen molar-refractivity contribution in [1.82, 2.24) is 0 Å². The van der Waals surface area contributed by atoms with E-state index in [1.165, 1.54) is 13.2 Å². The first kappa shape index (κ1) is 18.1. The second kappa shape index (κ2) is 7.65. The Morgan fingerprint density at radius 2 is 1.96 bits per heavy atom. The van der Waals surface area contributed by atoms with E-state index >= 15 is 0 Å². The first-order valence-corrected chi connectivity index (χ1v) is 8.07. The van der Waals surface area contributed by atoms with Crippen LogP contribution in [0.1, 0.15) is 33.9 Å². The molecule has 0 radical (unpaired) electrons. The van der Waals surface area contributed by atoms with Crippen LogP contribution in [0.5, 0.6) is 5.75 Å². The fourth-order valence-electron chi connectivity index (χ4n) is 2.84. The zero-order valence-corrected chi connectivity index (χ0v) is 14.2. The van der Waals surface area contributed by atoms with Gasteiger partial charge in [0.1, 0.15) is 11.9 Å². The van der Waals surface area contributed by atoms with Crippen LogP contribution in [0.4, 0.5) is 5.69 Å². The Hall–Kier alpha value is -2.74. The number of nitrogens with zero attached hydrogens (tertiary/aromatic N) is 1. The Balaban J connectivity index is 1.92. The molecule has 2 aromatic carbocycles. The molecule has 1 atom stereocenters. The van der Waals surface area contributed by atoms with E-state index in [-0.39, 0.29) is 25.0 Å². The lowest BCUT2D eigenvalue weighted by molar-refractivity contribution is -0.385. The van der Waals surface area contributed by atoms with Crippen molar-refractivity contribution in [2.75, 3.05) is 13.7 Å². The van der Waals surface area contributed by atoms with Crippen molar-refractivity contribution in [2.45, 2.75) is 19.3 Å². The van der Waals surface area contributed by atoms with Crippen LogP contribution in [0, 0.1) is 10.1 Å². The molecule has 1 fully saturated rings. The monoisotopic (exact) mass is 357 g/mol. The van der Waals surface area contributed by atoms with Gasteiger partial charge in [-0.2, -0.15) is 0 Å². The fraction of sp³-hybridized carbons (Fsp3) is 0.263. The van der Waals surface area contributed by atoms with Crippen LogP contribution in [0.25, 0.3) is 12.2 Å². The van der Waals surface area contributed by atoms with Gasteiger partial charge in [-0.25, -0.2) is 0 Å².